The number of rotatable bonds is 5. The Labute approximate surface area is 120 Å². The van der Waals surface area contributed by atoms with E-state index in [1.807, 2.05) is 31.3 Å². The van der Waals surface area contributed by atoms with Crippen LogP contribution in [0.15, 0.2) is 24.3 Å². The lowest BCUT2D eigenvalue weighted by atomic mass is 9.92. The zero-order valence-electron chi connectivity index (χ0n) is 12.7. The van der Waals surface area contributed by atoms with E-state index in [1.165, 1.54) is 0 Å². The fraction of sp³-hybridized carbons (Fsp3) is 0.438. The molecule has 0 radical (unpaired) electrons. The molecule has 1 aromatic heterocycles. The average Bonchev–Trinajstić information content (AvgIpc) is 2.76. The van der Waals surface area contributed by atoms with Gasteiger partial charge in [-0.2, -0.15) is 5.10 Å². The van der Waals surface area contributed by atoms with Gasteiger partial charge >= 0.3 is 0 Å². The molecular formula is C16H23N3O. The zero-order valence-corrected chi connectivity index (χ0v) is 12.7. The summed E-state index contributed by atoms with van der Waals surface area (Å²) >= 11 is 0. The van der Waals surface area contributed by atoms with Gasteiger partial charge in [-0.05, 0) is 18.9 Å². The summed E-state index contributed by atoms with van der Waals surface area (Å²) in [5.74, 6) is 1.94. The first-order valence-electron chi connectivity index (χ1n) is 7.09. The van der Waals surface area contributed by atoms with Crippen LogP contribution in [-0.2, 0) is 7.05 Å². The highest BCUT2D eigenvalue weighted by molar-refractivity contribution is 5.81. The summed E-state index contributed by atoms with van der Waals surface area (Å²) < 4.78 is 7.23. The van der Waals surface area contributed by atoms with Crippen molar-refractivity contribution in [3.05, 3.63) is 30.0 Å². The minimum absolute atomic E-state index is 0.415. The van der Waals surface area contributed by atoms with Gasteiger partial charge in [-0.3, -0.25) is 4.68 Å². The number of nitrogens with zero attached hydrogens (tertiary/aromatic N) is 2. The second-order valence-corrected chi connectivity index (χ2v) is 4.98. The molecule has 0 aliphatic heterocycles. The summed E-state index contributed by atoms with van der Waals surface area (Å²) in [5, 5.41) is 4.64. The molecule has 0 unspecified atom stereocenters. The SMILES string of the molecule is CCC(CC)c1nn(C)c(N)c1-c1ccccc1OC. The molecule has 20 heavy (non-hydrogen) atoms. The predicted molar refractivity (Wildman–Crippen MR) is 82.9 cm³/mol. The fourth-order valence-corrected chi connectivity index (χ4v) is 2.65. The van der Waals surface area contributed by atoms with Gasteiger partial charge < -0.3 is 10.5 Å². The molecule has 2 N–H and O–H groups in total. The molecule has 2 aromatic rings. The van der Waals surface area contributed by atoms with Crippen LogP contribution in [0.25, 0.3) is 11.1 Å². The Balaban J connectivity index is 2.66. The number of benzene rings is 1. The number of aryl methyl sites for hydroxylation is 1. The standard InChI is InChI=1S/C16H23N3O/c1-5-11(6-2)15-14(16(17)19(3)18-15)12-9-7-8-10-13(12)20-4/h7-11H,5-6,17H2,1-4H3. The molecule has 108 valence electrons. The minimum Gasteiger partial charge on any atom is -0.496 e. The third kappa shape index (κ3) is 2.38. The number of hydrogen-bond donors (Lipinski definition) is 1. The van der Waals surface area contributed by atoms with E-state index in [1.54, 1.807) is 11.8 Å². The van der Waals surface area contributed by atoms with Gasteiger partial charge in [0.1, 0.15) is 11.6 Å². The van der Waals surface area contributed by atoms with Crippen molar-refractivity contribution in [1.82, 2.24) is 9.78 Å². The summed E-state index contributed by atoms with van der Waals surface area (Å²) in [6.45, 7) is 4.37. The van der Waals surface area contributed by atoms with Crippen molar-refractivity contribution in [3.8, 4) is 16.9 Å². The minimum atomic E-state index is 0.415. The number of hydrogen-bond acceptors (Lipinski definition) is 3. The highest BCUT2D eigenvalue weighted by Crippen LogP contribution is 2.40. The maximum atomic E-state index is 6.25. The van der Waals surface area contributed by atoms with E-state index < -0.39 is 0 Å². The van der Waals surface area contributed by atoms with E-state index in [0.29, 0.717) is 11.7 Å². The monoisotopic (exact) mass is 273 g/mol. The van der Waals surface area contributed by atoms with Crippen molar-refractivity contribution >= 4 is 5.82 Å². The van der Waals surface area contributed by atoms with Crippen LogP contribution in [0.1, 0.15) is 38.3 Å². The Morgan fingerprint density at radius 3 is 2.50 bits per heavy atom. The molecule has 4 nitrogen and oxygen atoms in total. The van der Waals surface area contributed by atoms with E-state index in [-0.39, 0.29) is 0 Å². The third-order valence-electron chi connectivity index (χ3n) is 3.87. The van der Waals surface area contributed by atoms with Crippen LogP contribution in [0.2, 0.25) is 0 Å². The van der Waals surface area contributed by atoms with Gasteiger partial charge in [-0.25, -0.2) is 0 Å². The summed E-state index contributed by atoms with van der Waals surface area (Å²) in [6, 6.07) is 7.96. The number of nitrogens with two attached hydrogens (primary N) is 1. The fourth-order valence-electron chi connectivity index (χ4n) is 2.65. The third-order valence-corrected chi connectivity index (χ3v) is 3.87. The van der Waals surface area contributed by atoms with Crippen LogP contribution in [0.3, 0.4) is 0 Å². The Bertz CT molecular complexity index is 585. The molecule has 2 rings (SSSR count). The lowest BCUT2D eigenvalue weighted by Gasteiger charge is -2.14. The van der Waals surface area contributed by atoms with Crippen molar-refractivity contribution in [3.63, 3.8) is 0 Å². The Hall–Kier alpha value is -1.97. The molecule has 0 saturated heterocycles. The van der Waals surface area contributed by atoms with Gasteiger partial charge in [0.05, 0.1) is 18.4 Å². The molecule has 0 amide bonds. The quantitative estimate of drug-likeness (QED) is 0.906. The number of methoxy groups -OCH3 is 1. The second kappa shape index (κ2) is 5.99. The molecular weight excluding hydrogens is 250 g/mol. The van der Waals surface area contributed by atoms with Crippen molar-refractivity contribution in [2.24, 2.45) is 7.05 Å². The lowest BCUT2D eigenvalue weighted by Crippen LogP contribution is -2.00. The molecule has 0 aliphatic carbocycles. The van der Waals surface area contributed by atoms with E-state index in [2.05, 4.69) is 18.9 Å². The first-order chi connectivity index (χ1) is 9.63. The van der Waals surface area contributed by atoms with Crippen LogP contribution >= 0.6 is 0 Å². The highest BCUT2D eigenvalue weighted by atomic mass is 16.5. The highest BCUT2D eigenvalue weighted by Gasteiger charge is 2.23. The van der Waals surface area contributed by atoms with Crippen LogP contribution in [0.5, 0.6) is 5.75 Å². The van der Waals surface area contributed by atoms with Crippen LogP contribution in [0, 0.1) is 0 Å². The molecule has 1 aromatic carbocycles. The summed E-state index contributed by atoms with van der Waals surface area (Å²) in [4.78, 5) is 0. The predicted octanol–water partition coefficient (Wildman–Crippen LogP) is 3.58. The average molecular weight is 273 g/mol. The topological polar surface area (TPSA) is 53.1 Å². The van der Waals surface area contributed by atoms with Crippen molar-refractivity contribution < 1.29 is 4.74 Å². The van der Waals surface area contributed by atoms with Crippen molar-refractivity contribution in [2.45, 2.75) is 32.6 Å². The van der Waals surface area contributed by atoms with E-state index in [9.17, 15) is 0 Å². The maximum Gasteiger partial charge on any atom is 0.129 e. The number of aromatic nitrogens is 2. The van der Waals surface area contributed by atoms with Gasteiger partial charge in [-0.15, -0.1) is 0 Å². The first-order valence-corrected chi connectivity index (χ1v) is 7.09. The molecule has 0 bridgehead atoms. The zero-order chi connectivity index (χ0) is 14.7. The largest absolute Gasteiger partial charge is 0.496 e. The van der Waals surface area contributed by atoms with Crippen LogP contribution in [0.4, 0.5) is 5.82 Å². The van der Waals surface area contributed by atoms with Gasteiger partial charge in [0.2, 0.25) is 0 Å². The van der Waals surface area contributed by atoms with E-state index in [0.717, 1.165) is 35.4 Å². The molecule has 0 atom stereocenters. The summed E-state index contributed by atoms with van der Waals surface area (Å²) in [5.41, 5.74) is 9.35. The maximum absolute atomic E-state index is 6.25. The Kier molecular flexibility index (Phi) is 4.32. The van der Waals surface area contributed by atoms with Gasteiger partial charge in [0.25, 0.3) is 0 Å². The van der Waals surface area contributed by atoms with E-state index >= 15 is 0 Å². The molecule has 0 saturated carbocycles. The molecule has 0 fully saturated rings. The number of nitrogen functional groups attached to an aromatic ring is 1. The van der Waals surface area contributed by atoms with Gasteiger partial charge in [-0.1, -0.05) is 32.0 Å². The van der Waals surface area contributed by atoms with Crippen LogP contribution in [-0.4, -0.2) is 16.9 Å². The molecule has 1 heterocycles. The molecule has 0 spiro atoms. The smallest absolute Gasteiger partial charge is 0.129 e. The number of anilines is 1. The van der Waals surface area contributed by atoms with Crippen molar-refractivity contribution in [2.75, 3.05) is 12.8 Å². The van der Waals surface area contributed by atoms with Gasteiger partial charge in [0, 0.05) is 18.5 Å². The second-order valence-electron chi connectivity index (χ2n) is 4.98. The normalized spacial score (nSPS) is 11.1. The Morgan fingerprint density at radius 1 is 1.25 bits per heavy atom. The van der Waals surface area contributed by atoms with Gasteiger partial charge in [0.15, 0.2) is 0 Å². The lowest BCUT2D eigenvalue weighted by molar-refractivity contribution is 0.416. The molecule has 0 aliphatic rings. The number of para-hydroxylation sites is 1. The molecule has 4 heteroatoms. The Morgan fingerprint density at radius 2 is 1.90 bits per heavy atom. The summed E-state index contributed by atoms with van der Waals surface area (Å²) in [6.07, 6.45) is 2.10. The first kappa shape index (κ1) is 14.4. The number of ether oxygens (including phenoxy) is 1. The van der Waals surface area contributed by atoms with E-state index in [4.69, 9.17) is 10.5 Å². The van der Waals surface area contributed by atoms with Crippen LogP contribution < -0.4 is 10.5 Å². The van der Waals surface area contributed by atoms with Crippen molar-refractivity contribution in [1.29, 1.82) is 0 Å². The summed E-state index contributed by atoms with van der Waals surface area (Å²) in [7, 11) is 3.57.